The van der Waals surface area contributed by atoms with E-state index in [1.165, 1.54) is 4.70 Å². The Balaban J connectivity index is 1.65. The monoisotopic (exact) mass is 288 g/mol. The summed E-state index contributed by atoms with van der Waals surface area (Å²) < 4.78 is 1.23. The summed E-state index contributed by atoms with van der Waals surface area (Å²) in [4.78, 5) is 4.59. The van der Waals surface area contributed by atoms with Gasteiger partial charge >= 0.3 is 0 Å². The lowest BCUT2D eigenvalue weighted by molar-refractivity contribution is 0.691. The zero-order valence-electron chi connectivity index (χ0n) is 10.3. The van der Waals surface area contributed by atoms with E-state index in [1.807, 2.05) is 42.5 Å². The van der Waals surface area contributed by atoms with Crippen molar-refractivity contribution in [2.45, 2.75) is 13.1 Å². The van der Waals surface area contributed by atoms with Crippen molar-refractivity contribution in [3.63, 3.8) is 0 Å². The number of hydrogen-bond donors (Lipinski definition) is 1. The Morgan fingerprint density at radius 2 is 1.79 bits per heavy atom. The molecule has 96 valence electrons. The first-order valence-electron chi connectivity index (χ1n) is 6.11. The Labute approximate surface area is 121 Å². The van der Waals surface area contributed by atoms with Gasteiger partial charge in [0.25, 0.3) is 0 Å². The van der Waals surface area contributed by atoms with Gasteiger partial charge in [0, 0.05) is 18.1 Å². The van der Waals surface area contributed by atoms with Gasteiger partial charge in [0.05, 0.1) is 10.2 Å². The molecule has 1 aromatic heterocycles. The molecular weight excluding hydrogens is 276 g/mol. The Morgan fingerprint density at radius 1 is 1.00 bits per heavy atom. The van der Waals surface area contributed by atoms with Gasteiger partial charge in [-0.05, 0) is 23.8 Å². The fourth-order valence-electron chi connectivity index (χ4n) is 1.94. The van der Waals surface area contributed by atoms with Crippen molar-refractivity contribution in [1.82, 2.24) is 10.3 Å². The smallest absolute Gasteiger partial charge is 0.108 e. The highest BCUT2D eigenvalue weighted by Gasteiger charge is 2.03. The quantitative estimate of drug-likeness (QED) is 0.777. The van der Waals surface area contributed by atoms with E-state index in [-0.39, 0.29) is 0 Å². The van der Waals surface area contributed by atoms with Crippen LogP contribution >= 0.6 is 22.9 Å². The van der Waals surface area contributed by atoms with E-state index in [0.717, 1.165) is 34.2 Å². The summed E-state index contributed by atoms with van der Waals surface area (Å²) in [7, 11) is 0. The molecule has 0 fully saturated rings. The molecule has 3 aromatic rings. The molecule has 4 heteroatoms. The fraction of sp³-hybridized carbons (Fsp3) is 0.133. The van der Waals surface area contributed by atoms with Crippen molar-refractivity contribution in [2.75, 3.05) is 0 Å². The largest absolute Gasteiger partial charge is 0.306 e. The molecule has 0 amide bonds. The second-order valence-corrected chi connectivity index (χ2v) is 5.79. The molecule has 3 rings (SSSR count). The molecule has 2 aromatic carbocycles. The maximum absolute atomic E-state index is 6.12. The predicted octanol–water partition coefficient (Wildman–Crippen LogP) is 4.24. The standard InChI is InChI=1S/C15H13ClN2S/c16-12-6-2-1-5-11(12)9-17-10-15-18-13-7-3-4-8-14(13)19-15/h1-8,17H,9-10H2. The molecule has 0 bridgehead atoms. The first kappa shape index (κ1) is 12.6. The number of hydrogen-bond acceptors (Lipinski definition) is 3. The third-order valence-corrected chi connectivity index (χ3v) is 4.29. The van der Waals surface area contributed by atoms with Crippen molar-refractivity contribution in [3.05, 3.63) is 64.1 Å². The van der Waals surface area contributed by atoms with Crippen LogP contribution in [0.25, 0.3) is 10.2 Å². The molecule has 0 saturated carbocycles. The normalized spacial score (nSPS) is 11.0. The van der Waals surface area contributed by atoms with E-state index in [9.17, 15) is 0 Å². The van der Waals surface area contributed by atoms with Crippen LogP contribution < -0.4 is 5.32 Å². The highest BCUT2D eigenvalue weighted by Crippen LogP contribution is 2.21. The first-order valence-corrected chi connectivity index (χ1v) is 7.31. The van der Waals surface area contributed by atoms with Crippen LogP contribution in [0.2, 0.25) is 5.02 Å². The summed E-state index contributed by atoms with van der Waals surface area (Å²) in [5.41, 5.74) is 2.19. The van der Waals surface area contributed by atoms with Gasteiger partial charge in [-0.3, -0.25) is 0 Å². The van der Waals surface area contributed by atoms with Crippen molar-refractivity contribution >= 4 is 33.2 Å². The average Bonchev–Trinajstić information content (AvgIpc) is 2.83. The third-order valence-electron chi connectivity index (χ3n) is 2.89. The van der Waals surface area contributed by atoms with Gasteiger partial charge < -0.3 is 5.32 Å². The lowest BCUT2D eigenvalue weighted by Crippen LogP contribution is -2.12. The van der Waals surface area contributed by atoms with Gasteiger partial charge in [0.15, 0.2) is 0 Å². The van der Waals surface area contributed by atoms with Gasteiger partial charge in [-0.15, -0.1) is 11.3 Å². The molecule has 0 unspecified atom stereocenters. The van der Waals surface area contributed by atoms with Crippen molar-refractivity contribution in [3.8, 4) is 0 Å². The second kappa shape index (κ2) is 5.70. The summed E-state index contributed by atoms with van der Waals surface area (Å²) >= 11 is 7.85. The molecule has 2 nitrogen and oxygen atoms in total. The number of para-hydroxylation sites is 1. The van der Waals surface area contributed by atoms with Crippen LogP contribution in [0.1, 0.15) is 10.6 Å². The molecule has 0 aliphatic heterocycles. The number of nitrogens with zero attached hydrogens (tertiary/aromatic N) is 1. The molecule has 0 aliphatic carbocycles. The molecule has 0 saturated heterocycles. The minimum atomic E-state index is 0.760. The van der Waals surface area contributed by atoms with E-state index >= 15 is 0 Å². The number of aromatic nitrogens is 1. The van der Waals surface area contributed by atoms with Crippen LogP contribution in [0.3, 0.4) is 0 Å². The Bertz CT molecular complexity index is 660. The molecule has 1 heterocycles. The van der Waals surface area contributed by atoms with E-state index in [0.29, 0.717) is 0 Å². The average molecular weight is 289 g/mol. The van der Waals surface area contributed by atoms with Gasteiger partial charge in [-0.25, -0.2) is 4.98 Å². The zero-order chi connectivity index (χ0) is 13.1. The van der Waals surface area contributed by atoms with E-state index < -0.39 is 0 Å². The topological polar surface area (TPSA) is 24.9 Å². The van der Waals surface area contributed by atoms with Crippen molar-refractivity contribution < 1.29 is 0 Å². The SMILES string of the molecule is Clc1ccccc1CNCc1nc2ccccc2s1. The van der Waals surface area contributed by atoms with Crippen molar-refractivity contribution in [2.24, 2.45) is 0 Å². The third kappa shape index (κ3) is 2.95. The number of fused-ring (bicyclic) bond motifs is 1. The Kier molecular flexibility index (Phi) is 3.78. The minimum Gasteiger partial charge on any atom is -0.306 e. The lowest BCUT2D eigenvalue weighted by Gasteiger charge is -2.04. The van der Waals surface area contributed by atoms with Crippen LogP contribution in [0, 0.1) is 0 Å². The summed E-state index contributed by atoms with van der Waals surface area (Å²) in [6.45, 7) is 1.53. The van der Waals surface area contributed by atoms with Crippen LogP contribution in [-0.2, 0) is 13.1 Å². The van der Waals surface area contributed by atoms with Crippen LogP contribution in [-0.4, -0.2) is 4.98 Å². The zero-order valence-corrected chi connectivity index (χ0v) is 11.8. The number of benzene rings is 2. The van der Waals surface area contributed by atoms with Crippen LogP contribution in [0.5, 0.6) is 0 Å². The highest BCUT2D eigenvalue weighted by atomic mass is 35.5. The maximum Gasteiger partial charge on any atom is 0.108 e. The number of rotatable bonds is 4. The molecular formula is C15H13ClN2S. The lowest BCUT2D eigenvalue weighted by atomic mass is 10.2. The van der Waals surface area contributed by atoms with Crippen LogP contribution in [0.15, 0.2) is 48.5 Å². The van der Waals surface area contributed by atoms with Gasteiger partial charge in [0.2, 0.25) is 0 Å². The molecule has 1 N–H and O–H groups in total. The van der Waals surface area contributed by atoms with Gasteiger partial charge in [0.1, 0.15) is 5.01 Å². The first-order chi connectivity index (χ1) is 9.33. The van der Waals surface area contributed by atoms with E-state index in [1.54, 1.807) is 11.3 Å². The molecule has 0 aliphatic rings. The number of nitrogens with one attached hydrogen (secondary N) is 1. The highest BCUT2D eigenvalue weighted by molar-refractivity contribution is 7.18. The summed E-state index contributed by atoms with van der Waals surface area (Å²) in [6, 6.07) is 16.1. The predicted molar refractivity (Wildman–Crippen MR) is 81.6 cm³/mol. The minimum absolute atomic E-state index is 0.760. The summed E-state index contributed by atoms with van der Waals surface area (Å²) in [5.74, 6) is 0. The van der Waals surface area contributed by atoms with Crippen LogP contribution in [0.4, 0.5) is 0 Å². The number of halogens is 1. The summed E-state index contributed by atoms with van der Waals surface area (Å²) in [5, 5.41) is 5.29. The molecule has 0 atom stereocenters. The van der Waals surface area contributed by atoms with Gasteiger partial charge in [-0.1, -0.05) is 41.9 Å². The molecule has 0 radical (unpaired) electrons. The maximum atomic E-state index is 6.12. The second-order valence-electron chi connectivity index (χ2n) is 4.27. The summed E-state index contributed by atoms with van der Waals surface area (Å²) in [6.07, 6.45) is 0. The van der Waals surface area contributed by atoms with Crippen molar-refractivity contribution in [1.29, 1.82) is 0 Å². The Morgan fingerprint density at radius 3 is 2.63 bits per heavy atom. The molecule has 19 heavy (non-hydrogen) atoms. The molecule has 0 spiro atoms. The van der Waals surface area contributed by atoms with Gasteiger partial charge in [-0.2, -0.15) is 0 Å². The van der Waals surface area contributed by atoms with E-state index in [2.05, 4.69) is 16.4 Å². The fourth-order valence-corrected chi connectivity index (χ4v) is 3.08. The van der Waals surface area contributed by atoms with E-state index in [4.69, 9.17) is 11.6 Å². The Hall–Kier alpha value is -1.42. The number of thiazole rings is 1.